The molecule has 0 saturated carbocycles. The Kier molecular flexibility index (Phi) is 8.89. The molecular weight excluding hydrogens is 302 g/mol. The Labute approximate surface area is 122 Å². The minimum absolute atomic E-state index is 0.0666. The first kappa shape index (κ1) is 18.7. The summed E-state index contributed by atoms with van der Waals surface area (Å²) in [5.74, 6) is -0.149. The maximum Gasteiger partial charge on any atom is 0.328 e. The van der Waals surface area contributed by atoms with E-state index in [0.29, 0.717) is 6.54 Å². The van der Waals surface area contributed by atoms with Crippen LogP contribution in [0.15, 0.2) is 40.6 Å². The van der Waals surface area contributed by atoms with Crippen LogP contribution in [0.1, 0.15) is 5.56 Å². The standard InChI is InChI=1S/C7H8O3S.C5H9NO2S/c1-6-2-4-7(5-3-6)11(8,9)10;6-2-4-9-3-1-5(7)8/h2-5H,1H3,(H,8,9,10);1,3H,2,4,6H2,(H,7,8). The lowest BCUT2D eigenvalue weighted by Crippen LogP contribution is -2.00. The predicted molar refractivity (Wildman–Crippen MR) is 79.3 cm³/mol. The van der Waals surface area contributed by atoms with Gasteiger partial charge in [0.05, 0.1) is 4.90 Å². The summed E-state index contributed by atoms with van der Waals surface area (Å²) in [5, 5.41) is 9.60. The molecule has 6 nitrogen and oxygen atoms in total. The fourth-order valence-corrected chi connectivity index (χ4v) is 1.92. The number of rotatable bonds is 5. The normalized spacial score (nSPS) is 10.9. The smallest absolute Gasteiger partial charge is 0.328 e. The Hall–Kier alpha value is -1.35. The maximum absolute atomic E-state index is 10.5. The van der Waals surface area contributed by atoms with Crippen molar-refractivity contribution in [3.63, 3.8) is 0 Å². The molecule has 4 N–H and O–H groups in total. The quantitative estimate of drug-likeness (QED) is 0.428. The highest BCUT2D eigenvalue weighted by atomic mass is 32.2. The van der Waals surface area contributed by atoms with Crippen molar-refractivity contribution in [2.24, 2.45) is 5.73 Å². The Morgan fingerprint density at radius 3 is 2.30 bits per heavy atom. The largest absolute Gasteiger partial charge is 0.478 e. The van der Waals surface area contributed by atoms with Gasteiger partial charge in [-0.15, -0.1) is 11.8 Å². The van der Waals surface area contributed by atoms with Gasteiger partial charge in [0.1, 0.15) is 0 Å². The van der Waals surface area contributed by atoms with Gasteiger partial charge in [0.2, 0.25) is 0 Å². The van der Waals surface area contributed by atoms with E-state index in [0.717, 1.165) is 17.4 Å². The summed E-state index contributed by atoms with van der Waals surface area (Å²) in [5.41, 5.74) is 6.10. The number of carboxylic acids is 1. The van der Waals surface area contributed by atoms with Crippen molar-refractivity contribution >= 4 is 27.8 Å². The number of hydrogen-bond donors (Lipinski definition) is 3. The minimum Gasteiger partial charge on any atom is -0.478 e. The molecule has 1 rings (SSSR count). The molecule has 20 heavy (non-hydrogen) atoms. The fourth-order valence-electron chi connectivity index (χ4n) is 0.953. The molecule has 0 atom stereocenters. The van der Waals surface area contributed by atoms with Crippen molar-refractivity contribution in [3.05, 3.63) is 41.3 Å². The van der Waals surface area contributed by atoms with Crippen LogP contribution in [0.25, 0.3) is 0 Å². The van der Waals surface area contributed by atoms with E-state index in [1.807, 2.05) is 6.92 Å². The molecule has 0 unspecified atom stereocenters. The first-order valence-corrected chi connectivity index (χ1v) is 8.01. The predicted octanol–water partition coefficient (Wildman–Crippen LogP) is 1.52. The van der Waals surface area contributed by atoms with Gasteiger partial charge < -0.3 is 10.8 Å². The highest BCUT2D eigenvalue weighted by molar-refractivity contribution is 8.02. The summed E-state index contributed by atoms with van der Waals surface area (Å²) in [6.45, 7) is 2.42. The third-order valence-electron chi connectivity index (χ3n) is 1.86. The zero-order valence-corrected chi connectivity index (χ0v) is 12.5. The first-order valence-electron chi connectivity index (χ1n) is 5.52. The molecule has 0 radical (unpaired) electrons. The van der Waals surface area contributed by atoms with Gasteiger partial charge >= 0.3 is 5.97 Å². The van der Waals surface area contributed by atoms with Crippen LogP contribution in [-0.2, 0) is 14.9 Å². The molecule has 0 aliphatic rings. The Morgan fingerprint density at radius 1 is 1.35 bits per heavy atom. The van der Waals surface area contributed by atoms with Gasteiger partial charge in [0.25, 0.3) is 10.1 Å². The maximum atomic E-state index is 10.5. The van der Waals surface area contributed by atoms with Crippen molar-refractivity contribution < 1.29 is 22.9 Å². The molecule has 0 fully saturated rings. The zero-order valence-electron chi connectivity index (χ0n) is 10.9. The summed E-state index contributed by atoms with van der Waals surface area (Å²) in [4.78, 5) is 9.76. The van der Waals surface area contributed by atoms with Crippen LogP contribution in [0.5, 0.6) is 0 Å². The van der Waals surface area contributed by atoms with Crippen LogP contribution in [0.3, 0.4) is 0 Å². The number of hydrogen-bond acceptors (Lipinski definition) is 5. The van der Waals surface area contributed by atoms with Gasteiger partial charge in [-0.1, -0.05) is 17.7 Å². The van der Waals surface area contributed by atoms with Gasteiger partial charge in [0, 0.05) is 18.4 Å². The number of thioether (sulfide) groups is 1. The number of carboxylic acid groups (broad SMARTS) is 1. The molecular formula is C12H17NO5S2. The summed E-state index contributed by atoms with van der Waals surface area (Å²) < 4.78 is 29.6. The van der Waals surface area contributed by atoms with E-state index in [-0.39, 0.29) is 4.90 Å². The highest BCUT2D eigenvalue weighted by Crippen LogP contribution is 2.08. The zero-order chi connectivity index (χ0) is 15.6. The van der Waals surface area contributed by atoms with Gasteiger partial charge in [-0.25, -0.2) is 4.79 Å². The van der Waals surface area contributed by atoms with E-state index in [1.165, 1.54) is 29.3 Å². The Balaban J connectivity index is 0.000000370. The number of aryl methyl sites for hydroxylation is 1. The van der Waals surface area contributed by atoms with Crippen molar-refractivity contribution in [1.29, 1.82) is 0 Å². The molecule has 0 aliphatic carbocycles. The molecule has 0 spiro atoms. The summed E-state index contributed by atoms with van der Waals surface area (Å²) in [6, 6.07) is 5.99. The fraction of sp³-hybridized carbons (Fsp3) is 0.250. The van der Waals surface area contributed by atoms with Crippen molar-refractivity contribution in [2.45, 2.75) is 11.8 Å². The summed E-state index contributed by atoms with van der Waals surface area (Å²) in [7, 11) is -4.02. The van der Waals surface area contributed by atoms with E-state index in [1.54, 1.807) is 12.1 Å². The van der Waals surface area contributed by atoms with Crippen LogP contribution in [-0.4, -0.2) is 36.3 Å². The average Bonchev–Trinajstić information content (AvgIpc) is 2.35. The summed E-state index contributed by atoms with van der Waals surface area (Å²) >= 11 is 1.40. The van der Waals surface area contributed by atoms with Crippen LogP contribution in [0.4, 0.5) is 0 Å². The molecule has 0 saturated heterocycles. The molecule has 0 aliphatic heterocycles. The molecule has 0 amide bonds. The van der Waals surface area contributed by atoms with Crippen LogP contribution >= 0.6 is 11.8 Å². The number of nitrogens with two attached hydrogens (primary N) is 1. The van der Waals surface area contributed by atoms with Gasteiger partial charge in [-0.2, -0.15) is 8.42 Å². The van der Waals surface area contributed by atoms with Crippen molar-refractivity contribution in [1.82, 2.24) is 0 Å². The third kappa shape index (κ3) is 9.56. The highest BCUT2D eigenvalue weighted by Gasteiger charge is 2.06. The molecule has 1 aromatic carbocycles. The summed E-state index contributed by atoms with van der Waals surface area (Å²) in [6.07, 6.45) is 1.10. The van der Waals surface area contributed by atoms with Gasteiger partial charge in [-0.3, -0.25) is 4.55 Å². The van der Waals surface area contributed by atoms with Crippen molar-refractivity contribution in [3.8, 4) is 0 Å². The molecule has 0 bridgehead atoms. The lowest BCUT2D eigenvalue weighted by Gasteiger charge is -1.95. The number of carbonyl (C=O) groups is 1. The van der Waals surface area contributed by atoms with E-state index in [9.17, 15) is 13.2 Å². The average molecular weight is 319 g/mol. The molecule has 1 aromatic rings. The minimum atomic E-state index is -4.02. The van der Waals surface area contributed by atoms with E-state index < -0.39 is 16.1 Å². The number of benzene rings is 1. The third-order valence-corrected chi connectivity index (χ3v) is 3.53. The Bertz CT molecular complexity index is 537. The molecule has 112 valence electrons. The van der Waals surface area contributed by atoms with Crippen LogP contribution in [0.2, 0.25) is 0 Å². The van der Waals surface area contributed by atoms with Crippen molar-refractivity contribution in [2.75, 3.05) is 12.3 Å². The van der Waals surface area contributed by atoms with Gasteiger partial charge in [0.15, 0.2) is 0 Å². The second kappa shape index (κ2) is 9.54. The van der Waals surface area contributed by atoms with Gasteiger partial charge in [-0.05, 0) is 24.5 Å². The molecule has 8 heteroatoms. The van der Waals surface area contributed by atoms with E-state index >= 15 is 0 Å². The second-order valence-electron chi connectivity index (χ2n) is 3.59. The second-order valence-corrected chi connectivity index (χ2v) is 6.02. The topological polar surface area (TPSA) is 118 Å². The SMILES string of the molecule is Cc1ccc(S(=O)(=O)O)cc1.NCCSC=CC(=O)O. The first-order chi connectivity index (χ1) is 9.27. The van der Waals surface area contributed by atoms with E-state index in [4.69, 9.17) is 15.4 Å². The Morgan fingerprint density at radius 2 is 1.90 bits per heavy atom. The monoisotopic (exact) mass is 319 g/mol. The molecule has 0 heterocycles. The molecule has 0 aromatic heterocycles. The van der Waals surface area contributed by atoms with E-state index in [2.05, 4.69) is 0 Å². The lowest BCUT2D eigenvalue weighted by atomic mass is 10.2. The van der Waals surface area contributed by atoms with Crippen LogP contribution < -0.4 is 5.73 Å². The number of aliphatic carboxylic acids is 1. The lowest BCUT2D eigenvalue weighted by molar-refractivity contribution is -0.131. The van der Waals surface area contributed by atoms with Crippen LogP contribution in [0, 0.1) is 6.92 Å².